The summed E-state index contributed by atoms with van der Waals surface area (Å²) in [6, 6.07) is 16.2. The number of rotatable bonds is 5. The van der Waals surface area contributed by atoms with Crippen molar-refractivity contribution in [2.45, 2.75) is 12.5 Å². The number of carbonyl (C=O) groups excluding carboxylic acids is 3. The molecule has 142 valence electrons. The van der Waals surface area contributed by atoms with Gasteiger partial charge in [0.05, 0.1) is 17.7 Å². The monoisotopic (exact) mass is 394 g/mol. The predicted molar refractivity (Wildman–Crippen MR) is 106 cm³/mol. The van der Waals surface area contributed by atoms with Crippen molar-refractivity contribution in [1.82, 2.24) is 10.2 Å². The lowest BCUT2D eigenvalue weighted by Gasteiger charge is -2.23. The summed E-state index contributed by atoms with van der Waals surface area (Å²) in [5.74, 6) is -1.46. The van der Waals surface area contributed by atoms with E-state index >= 15 is 0 Å². The first-order valence-electron chi connectivity index (χ1n) is 8.80. The van der Waals surface area contributed by atoms with E-state index in [-0.39, 0.29) is 13.1 Å². The second-order valence-electron chi connectivity index (χ2n) is 6.94. The highest BCUT2D eigenvalue weighted by molar-refractivity contribution is 7.19. The smallest absolute Gasteiger partial charge is 0.262 e. The van der Waals surface area contributed by atoms with Gasteiger partial charge in [0.1, 0.15) is 12.1 Å². The lowest BCUT2D eigenvalue weighted by molar-refractivity contribution is -0.122. The number of amides is 3. The van der Waals surface area contributed by atoms with Crippen LogP contribution in [-0.4, -0.2) is 40.8 Å². The highest BCUT2D eigenvalue weighted by atomic mass is 32.1. The van der Waals surface area contributed by atoms with Gasteiger partial charge in [-0.3, -0.25) is 19.3 Å². The van der Waals surface area contributed by atoms with Crippen molar-refractivity contribution in [3.05, 3.63) is 70.6 Å². The maximum Gasteiger partial charge on any atom is 0.262 e. The van der Waals surface area contributed by atoms with Gasteiger partial charge in [-0.05, 0) is 36.6 Å². The first-order chi connectivity index (χ1) is 13.4. The average Bonchev–Trinajstić information content (AvgIpc) is 3.23. The van der Waals surface area contributed by atoms with Crippen molar-refractivity contribution in [1.29, 1.82) is 0 Å². The van der Waals surface area contributed by atoms with Crippen molar-refractivity contribution in [3.8, 4) is 0 Å². The lowest BCUT2D eigenvalue weighted by atomic mass is 10.0. The predicted octanol–water partition coefficient (Wildman–Crippen LogP) is 2.52. The standard InChI is InChI=1S/C21H18N2O4S/c1-21(27,17-10-13-6-2-5-9-16(13)28-17)12-22-18(24)11-23-19(25)14-7-3-4-8-15(14)20(23)26/h2-10,27H,11-12H2,1H3,(H,22,24). The Labute approximate surface area is 165 Å². The number of nitrogens with one attached hydrogen (secondary N) is 1. The second kappa shape index (κ2) is 6.85. The van der Waals surface area contributed by atoms with Gasteiger partial charge in [-0.1, -0.05) is 30.3 Å². The van der Waals surface area contributed by atoms with Gasteiger partial charge in [0.15, 0.2) is 0 Å². The number of thiophene rings is 1. The first kappa shape index (κ1) is 18.3. The Morgan fingerprint density at radius 1 is 1.07 bits per heavy atom. The molecule has 3 aromatic rings. The molecule has 1 aliphatic heterocycles. The second-order valence-corrected chi connectivity index (χ2v) is 8.02. The molecule has 1 unspecified atom stereocenters. The van der Waals surface area contributed by atoms with E-state index in [2.05, 4.69) is 5.32 Å². The number of nitrogens with zero attached hydrogens (tertiary/aromatic N) is 1. The third kappa shape index (κ3) is 3.19. The number of aliphatic hydroxyl groups is 1. The van der Waals surface area contributed by atoms with E-state index in [1.165, 1.54) is 11.3 Å². The zero-order valence-electron chi connectivity index (χ0n) is 15.1. The minimum absolute atomic E-state index is 0.0260. The Balaban J connectivity index is 1.42. The van der Waals surface area contributed by atoms with E-state index in [0.717, 1.165) is 19.9 Å². The number of fused-ring (bicyclic) bond motifs is 2. The van der Waals surface area contributed by atoms with Crippen LogP contribution in [0.5, 0.6) is 0 Å². The van der Waals surface area contributed by atoms with Crippen LogP contribution in [0.2, 0.25) is 0 Å². The van der Waals surface area contributed by atoms with Gasteiger partial charge < -0.3 is 10.4 Å². The average molecular weight is 394 g/mol. The molecule has 2 N–H and O–H groups in total. The summed E-state index contributed by atoms with van der Waals surface area (Å²) in [7, 11) is 0. The quantitative estimate of drug-likeness (QED) is 0.651. The lowest BCUT2D eigenvalue weighted by Crippen LogP contribution is -2.44. The molecule has 1 aromatic heterocycles. The molecule has 0 saturated heterocycles. The van der Waals surface area contributed by atoms with Crippen molar-refractivity contribution >= 4 is 39.1 Å². The van der Waals surface area contributed by atoms with Crippen LogP contribution >= 0.6 is 11.3 Å². The minimum Gasteiger partial charge on any atom is -0.383 e. The molecule has 0 saturated carbocycles. The van der Waals surface area contributed by atoms with E-state index in [1.54, 1.807) is 31.2 Å². The SMILES string of the molecule is CC(O)(CNC(=O)CN1C(=O)c2ccccc2C1=O)c1cc2ccccc2s1. The zero-order valence-corrected chi connectivity index (χ0v) is 16.0. The van der Waals surface area contributed by atoms with Gasteiger partial charge in [-0.15, -0.1) is 11.3 Å². The molecule has 6 nitrogen and oxygen atoms in total. The third-order valence-electron chi connectivity index (χ3n) is 4.77. The fraction of sp³-hybridized carbons (Fsp3) is 0.190. The molecule has 7 heteroatoms. The molecule has 1 atom stereocenters. The maximum absolute atomic E-state index is 12.3. The Kier molecular flexibility index (Phi) is 4.49. The number of imide groups is 1. The van der Waals surface area contributed by atoms with Crippen LogP contribution in [0.3, 0.4) is 0 Å². The van der Waals surface area contributed by atoms with E-state index in [4.69, 9.17) is 0 Å². The minimum atomic E-state index is -1.26. The molecule has 3 amide bonds. The molecule has 0 radical (unpaired) electrons. The van der Waals surface area contributed by atoms with Crippen molar-refractivity contribution in [2.75, 3.05) is 13.1 Å². The molecule has 0 spiro atoms. The maximum atomic E-state index is 12.3. The van der Waals surface area contributed by atoms with Crippen molar-refractivity contribution in [3.63, 3.8) is 0 Å². The van der Waals surface area contributed by atoms with Crippen molar-refractivity contribution in [2.24, 2.45) is 0 Å². The van der Waals surface area contributed by atoms with Crippen LogP contribution in [0.15, 0.2) is 54.6 Å². The first-order valence-corrected chi connectivity index (χ1v) is 9.62. The molecular weight excluding hydrogens is 376 g/mol. The normalized spacial score (nSPS) is 15.6. The molecule has 28 heavy (non-hydrogen) atoms. The molecule has 0 bridgehead atoms. The van der Waals surface area contributed by atoms with Crippen molar-refractivity contribution < 1.29 is 19.5 Å². The number of hydrogen-bond acceptors (Lipinski definition) is 5. The molecule has 0 aliphatic carbocycles. The Morgan fingerprint density at radius 3 is 2.32 bits per heavy atom. The van der Waals surface area contributed by atoms with E-state index in [0.29, 0.717) is 11.1 Å². The van der Waals surface area contributed by atoms with Gasteiger partial charge in [-0.25, -0.2) is 0 Å². The molecule has 2 heterocycles. The van der Waals surface area contributed by atoms with Gasteiger partial charge >= 0.3 is 0 Å². The topological polar surface area (TPSA) is 86.7 Å². The summed E-state index contributed by atoms with van der Waals surface area (Å²) in [5, 5.41) is 14.5. The van der Waals surface area contributed by atoms with Crippen LogP contribution in [0.4, 0.5) is 0 Å². The molecule has 2 aromatic carbocycles. The highest BCUT2D eigenvalue weighted by Crippen LogP contribution is 2.32. The van der Waals surface area contributed by atoms with Crippen LogP contribution in [-0.2, 0) is 10.4 Å². The molecule has 0 fully saturated rings. The van der Waals surface area contributed by atoms with E-state index < -0.39 is 23.3 Å². The molecular formula is C21H18N2O4S. The highest BCUT2D eigenvalue weighted by Gasteiger charge is 2.36. The van der Waals surface area contributed by atoms with Gasteiger partial charge in [0.25, 0.3) is 11.8 Å². The van der Waals surface area contributed by atoms with Crippen LogP contribution in [0.25, 0.3) is 10.1 Å². The summed E-state index contributed by atoms with van der Waals surface area (Å²) >= 11 is 1.46. The largest absolute Gasteiger partial charge is 0.383 e. The number of benzene rings is 2. The Bertz CT molecular complexity index is 1030. The van der Waals surface area contributed by atoms with Crippen LogP contribution in [0.1, 0.15) is 32.5 Å². The van der Waals surface area contributed by atoms with E-state index in [1.807, 2.05) is 30.3 Å². The van der Waals surface area contributed by atoms with Crippen LogP contribution in [0, 0.1) is 0 Å². The fourth-order valence-electron chi connectivity index (χ4n) is 3.19. The summed E-state index contributed by atoms with van der Waals surface area (Å²) in [5.41, 5.74) is -0.656. The summed E-state index contributed by atoms with van der Waals surface area (Å²) in [4.78, 5) is 38.7. The Morgan fingerprint density at radius 2 is 1.68 bits per heavy atom. The number of hydrogen-bond donors (Lipinski definition) is 2. The summed E-state index contributed by atoms with van der Waals surface area (Å²) in [6.45, 7) is 1.22. The number of carbonyl (C=O) groups is 3. The summed E-state index contributed by atoms with van der Waals surface area (Å²) < 4.78 is 1.05. The van der Waals surface area contributed by atoms with Gasteiger partial charge in [-0.2, -0.15) is 0 Å². The van der Waals surface area contributed by atoms with Gasteiger partial charge in [0.2, 0.25) is 5.91 Å². The molecule has 1 aliphatic rings. The fourth-order valence-corrected chi connectivity index (χ4v) is 4.29. The zero-order chi connectivity index (χ0) is 19.9. The van der Waals surface area contributed by atoms with E-state index in [9.17, 15) is 19.5 Å². The van der Waals surface area contributed by atoms with Crippen LogP contribution < -0.4 is 5.32 Å². The Hall–Kier alpha value is -3.03. The third-order valence-corrected chi connectivity index (χ3v) is 6.14. The summed E-state index contributed by atoms with van der Waals surface area (Å²) in [6.07, 6.45) is 0. The molecule has 4 rings (SSSR count). The van der Waals surface area contributed by atoms with Gasteiger partial charge in [0, 0.05) is 9.58 Å².